The van der Waals surface area contributed by atoms with Crippen molar-refractivity contribution in [2.75, 3.05) is 19.0 Å². The number of alkyl halides is 1. The smallest absolute Gasteiger partial charge is 0.224 e. The number of amides is 1. The average Bonchev–Trinajstić information content (AvgIpc) is 2.29. The van der Waals surface area contributed by atoms with Gasteiger partial charge in [-0.05, 0) is 24.1 Å². The Morgan fingerprint density at radius 1 is 1.56 bits per heavy atom. The van der Waals surface area contributed by atoms with E-state index < -0.39 is 0 Å². The molecule has 1 amide bonds. The third-order valence-corrected chi connectivity index (χ3v) is 2.92. The second-order valence-electron chi connectivity index (χ2n) is 4.04. The monoisotopic (exact) mass is 315 g/mol. The Morgan fingerprint density at radius 3 is 2.94 bits per heavy atom. The van der Waals surface area contributed by atoms with Gasteiger partial charge in [-0.3, -0.25) is 4.79 Å². The number of aromatic hydroxyl groups is 1. The number of hydrogen-bond donors (Lipinski definition) is 2. The van der Waals surface area contributed by atoms with Crippen LogP contribution in [0.2, 0.25) is 0 Å². The van der Waals surface area contributed by atoms with Crippen LogP contribution >= 0.6 is 15.9 Å². The molecule has 0 heterocycles. The molecule has 0 aliphatic rings. The van der Waals surface area contributed by atoms with Gasteiger partial charge in [0.2, 0.25) is 5.91 Å². The molecule has 1 aromatic carbocycles. The van der Waals surface area contributed by atoms with Crippen molar-refractivity contribution in [3.63, 3.8) is 0 Å². The number of phenols is 1. The number of hydrogen-bond acceptors (Lipinski definition) is 3. The molecule has 0 bridgehead atoms. The predicted octanol–water partition coefficient (Wildman–Crippen LogP) is 1.85. The number of nitrogens with one attached hydrogen (secondary N) is 1. The van der Waals surface area contributed by atoms with Crippen molar-refractivity contribution in [1.29, 1.82) is 0 Å². The van der Waals surface area contributed by atoms with Crippen molar-refractivity contribution < 1.29 is 14.6 Å². The largest absolute Gasteiger partial charge is 0.508 e. The van der Waals surface area contributed by atoms with E-state index in [1.165, 1.54) is 0 Å². The highest BCUT2D eigenvalue weighted by Gasteiger charge is 2.12. The summed E-state index contributed by atoms with van der Waals surface area (Å²) in [7, 11) is 1.61. The van der Waals surface area contributed by atoms with Gasteiger partial charge in [0.1, 0.15) is 5.75 Å². The summed E-state index contributed by atoms with van der Waals surface area (Å²) >= 11 is 3.35. The SMILES string of the molecule is COCC(CCBr)NC(=O)Cc1cccc(O)c1. The maximum absolute atomic E-state index is 11.8. The lowest BCUT2D eigenvalue weighted by atomic mass is 10.1. The first-order valence-corrected chi connectivity index (χ1v) is 6.90. The summed E-state index contributed by atoms with van der Waals surface area (Å²) < 4.78 is 5.05. The van der Waals surface area contributed by atoms with Gasteiger partial charge in [-0.15, -0.1) is 0 Å². The lowest BCUT2D eigenvalue weighted by Crippen LogP contribution is -2.39. The van der Waals surface area contributed by atoms with Crippen LogP contribution in [-0.2, 0) is 16.0 Å². The molecule has 100 valence electrons. The number of carbonyl (C=O) groups is 1. The summed E-state index contributed by atoms with van der Waals surface area (Å²) in [4.78, 5) is 11.8. The van der Waals surface area contributed by atoms with Gasteiger partial charge in [0.15, 0.2) is 0 Å². The van der Waals surface area contributed by atoms with Gasteiger partial charge in [0.25, 0.3) is 0 Å². The molecule has 0 spiro atoms. The quantitative estimate of drug-likeness (QED) is 0.755. The first-order valence-electron chi connectivity index (χ1n) is 5.78. The predicted molar refractivity (Wildman–Crippen MR) is 74.0 cm³/mol. The highest BCUT2D eigenvalue weighted by atomic mass is 79.9. The van der Waals surface area contributed by atoms with E-state index >= 15 is 0 Å². The molecule has 0 saturated carbocycles. The van der Waals surface area contributed by atoms with E-state index in [2.05, 4.69) is 21.2 Å². The van der Waals surface area contributed by atoms with E-state index in [0.717, 1.165) is 17.3 Å². The van der Waals surface area contributed by atoms with E-state index in [4.69, 9.17) is 4.74 Å². The Bertz CT molecular complexity index is 378. The van der Waals surface area contributed by atoms with Gasteiger partial charge < -0.3 is 15.2 Å². The number of benzene rings is 1. The average molecular weight is 316 g/mol. The van der Waals surface area contributed by atoms with Crippen LogP contribution in [0.1, 0.15) is 12.0 Å². The third kappa shape index (κ3) is 5.51. The molecule has 1 atom stereocenters. The lowest BCUT2D eigenvalue weighted by molar-refractivity contribution is -0.121. The fourth-order valence-corrected chi connectivity index (χ4v) is 2.21. The molecule has 0 aliphatic heterocycles. The van der Waals surface area contributed by atoms with Crippen LogP contribution in [0, 0.1) is 0 Å². The highest BCUT2D eigenvalue weighted by Crippen LogP contribution is 2.11. The maximum Gasteiger partial charge on any atom is 0.224 e. The van der Waals surface area contributed by atoms with Crippen LogP contribution in [-0.4, -0.2) is 36.1 Å². The fourth-order valence-electron chi connectivity index (χ4n) is 1.66. The zero-order valence-corrected chi connectivity index (χ0v) is 11.9. The number of carbonyl (C=O) groups excluding carboxylic acids is 1. The molecule has 0 aromatic heterocycles. The van der Waals surface area contributed by atoms with Crippen molar-refractivity contribution in [3.8, 4) is 5.75 Å². The molecular formula is C13H18BrNO3. The minimum atomic E-state index is -0.0661. The standard InChI is InChI=1S/C13H18BrNO3/c1-18-9-11(5-6-14)15-13(17)8-10-3-2-4-12(16)7-10/h2-4,7,11,16H,5-6,8-9H2,1H3,(H,15,17). The minimum absolute atomic E-state index is 0.0131. The Hall–Kier alpha value is -1.07. The van der Waals surface area contributed by atoms with E-state index in [9.17, 15) is 9.90 Å². The zero-order valence-electron chi connectivity index (χ0n) is 10.4. The van der Waals surface area contributed by atoms with Gasteiger partial charge in [-0.2, -0.15) is 0 Å². The Kier molecular flexibility index (Phi) is 6.75. The highest BCUT2D eigenvalue weighted by molar-refractivity contribution is 9.09. The van der Waals surface area contributed by atoms with E-state index in [0.29, 0.717) is 6.61 Å². The van der Waals surface area contributed by atoms with E-state index in [1.807, 2.05) is 6.07 Å². The summed E-state index contributed by atoms with van der Waals surface area (Å²) in [6.07, 6.45) is 1.08. The van der Waals surface area contributed by atoms with Crippen LogP contribution < -0.4 is 5.32 Å². The van der Waals surface area contributed by atoms with Gasteiger partial charge >= 0.3 is 0 Å². The van der Waals surface area contributed by atoms with Crippen LogP contribution in [0.25, 0.3) is 0 Å². The molecule has 0 radical (unpaired) electrons. The first kappa shape index (κ1) is 15.0. The molecule has 18 heavy (non-hydrogen) atoms. The van der Waals surface area contributed by atoms with Crippen LogP contribution in [0.15, 0.2) is 24.3 Å². The molecule has 0 fully saturated rings. The Morgan fingerprint density at radius 2 is 2.33 bits per heavy atom. The van der Waals surface area contributed by atoms with Crippen molar-refractivity contribution in [2.24, 2.45) is 0 Å². The molecule has 1 aromatic rings. The Balaban J connectivity index is 2.49. The number of ether oxygens (including phenoxy) is 1. The van der Waals surface area contributed by atoms with Gasteiger partial charge in [0.05, 0.1) is 19.1 Å². The number of halogens is 1. The second-order valence-corrected chi connectivity index (χ2v) is 4.84. The third-order valence-electron chi connectivity index (χ3n) is 2.47. The summed E-state index contributed by atoms with van der Waals surface area (Å²) in [5.41, 5.74) is 0.794. The normalized spacial score (nSPS) is 12.1. The maximum atomic E-state index is 11.8. The van der Waals surface area contributed by atoms with Gasteiger partial charge in [-0.25, -0.2) is 0 Å². The van der Waals surface area contributed by atoms with Crippen LogP contribution in [0.4, 0.5) is 0 Å². The Labute approximate surface area is 115 Å². The number of phenolic OH excluding ortho intramolecular Hbond substituents is 1. The van der Waals surface area contributed by atoms with Crippen molar-refractivity contribution in [1.82, 2.24) is 5.32 Å². The molecule has 4 nitrogen and oxygen atoms in total. The zero-order chi connectivity index (χ0) is 13.4. The van der Waals surface area contributed by atoms with Crippen molar-refractivity contribution in [2.45, 2.75) is 18.9 Å². The molecule has 2 N–H and O–H groups in total. The molecule has 5 heteroatoms. The van der Waals surface area contributed by atoms with E-state index in [1.54, 1.807) is 25.3 Å². The molecule has 1 rings (SSSR count). The summed E-state index contributed by atoms with van der Waals surface area (Å²) in [5.74, 6) is 0.109. The second kappa shape index (κ2) is 8.11. The first-order chi connectivity index (χ1) is 8.65. The molecule has 0 aliphatic carbocycles. The summed E-state index contributed by atoms with van der Waals surface area (Å²) in [6.45, 7) is 0.497. The molecule has 1 unspecified atom stereocenters. The number of rotatable bonds is 7. The van der Waals surface area contributed by atoms with Crippen molar-refractivity contribution in [3.05, 3.63) is 29.8 Å². The van der Waals surface area contributed by atoms with Crippen LogP contribution in [0.3, 0.4) is 0 Å². The fraction of sp³-hybridized carbons (Fsp3) is 0.462. The minimum Gasteiger partial charge on any atom is -0.508 e. The van der Waals surface area contributed by atoms with Gasteiger partial charge in [0, 0.05) is 12.4 Å². The van der Waals surface area contributed by atoms with Crippen molar-refractivity contribution >= 4 is 21.8 Å². The lowest BCUT2D eigenvalue weighted by Gasteiger charge is -2.16. The topological polar surface area (TPSA) is 58.6 Å². The molecular weight excluding hydrogens is 298 g/mol. The van der Waals surface area contributed by atoms with Gasteiger partial charge in [-0.1, -0.05) is 28.1 Å². The summed E-state index contributed by atoms with van der Waals surface area (Å²) in [6, 6.07) is 6.73. The van der Waals surface area contributed by atoms with E-state index in [-0.39, 0.29) is 24.1 Å². The van der Waals surface area contributed by atoms with Crippen LogP contribution in [0.5, 0.6) is 5.75 Å². The summed E-state index contributed by atoms with van der Waals surface area (Å²) in [5, 5.41) is 13.0. The molecule has 0 saturated heterocycles. The number of methoxy groups -OCH3 is 1.